The van der Waals surface area contributed by atoms with Gasteiger partial charge in [-0.1, -0.05) is 19.1 Å². The number of fused-ring (bicyclic) bond motifs is 1. The zero-order valence-electron chi connectivity index (χ0n) is 11.0. The Hall–Kier alpha value is -2.14. The van der Waals surface area contributed by atoms with Gasteiger partial charge in [-0.05, 0) is 24.3 Å². The Kier molecular flexibility index (Phi) is 3.28. The number of carbonyl (C=O) groups is 1. The maximum Gasteiger partial charge on any atom is 0.345 e. The lowest BCUT2D eigenvalue weighted by molar-refractivity contribution is 0.0702. The number of rotatable bonds is 4. The number of aromatic carboxylic acids is 1. The number of imidazole rings is 1. The van der Waals surface area contributed by atoms with Gasteiger partial charge < -0.3 is 9.67 Å². The van der Waals surface area contributed by atoms with Crippen LogP contribution in [-0.4, -0.2) is 20.6 Å². The molecular formula is C15H14N2O2S. The predicted molar refractivity (Wildman–Crippen MR) is 79.5 cm³/mol. The van der Waals surface area contributed by atoms with Gasteiger partial charge in [0.2, 0.25) is 0 Å². The molecule has 20 heavy (non-hydrogen) atoms. The molecule has 0 fully saturated rings. The topological polar surface area (TPSA) is 55.1 Å². The highest BCUT2D eigenvalue weighted by atomic mass is 32.1. The molecule has 1 N–H and O–H groups in total. The molecule has 0 aliphatic heterocycles. The Balaban J connectivity index is 2.02. The van der Waals surface area contributed by atoms with E-state index in [1.165, 1.54) is 11.3 Å². The van der Waals surface area contributed by atoms with Gasteiger partial charge in [0.1, 0.15) is 10.7 Å². The van der Waals surface area contributed by atoms with E-state index in [-0.39, 0.29) is 0 Å². The van der Waals surface area contributed by atoms with Gasteiger partial charge in [0.25, 0.3) is 0 Å². The van der Waals surface area contributed by atoms with Crippen LogP contribution in [0.2, 0.25) is 0 Å². The van der Waals surface area contributed by atoms with E-state index in [4.69, 9.17) is 5.11 Å². The Labute approximate surface area is 120 Å². The molecule has 0 atom stereocenters. The Morgan fingerprint density at radius 3 is 2.80 bits per heavy atom. The molecule has 3 rings (SSSR count). The summed E-state index contributed by atoms with van der Waals surface area (Å²) in [7, 11) is 0. The summed E-state index contributed by atoms with van der Waals surface area (Å²) in [6, 6.07) is 11.6. The molecule has 2 heterocycles. The highest BCUT2D eigenvalue weighted by molar-refractivity contribution is 7.13. The third kappa shape index (κ3) is 2.20. The van der Waals surface area contributed by atoms with Crippen molar-refractivity contribution in [2.24, 2.45) is 0 Å². The van der Waals surface area contributed by atoms with Gasteiger partial charge in [0.05, 0.1) is 17.6 Å². The molecule has 0 spiro atoms. The zero-order valence-corrected chi connectivity index (χ0v) is 11.9. The monoisotopic (exact) mass is 286 g/mol. The fraction of sp³-hybridized carbons (Fsp3) is 0.200. The van der Waals surface area contributed by atoms with Crippen LogP contribution in [-0.2, 0) is 13.0 Å². The summed E-state index contributed by atoms with van der Waals surface area (Å²) in [5.41, 5.74) is 2.08. The van der Waals surface area contributed by atoms with Crippen molar-refractivity contribution in [2.45, 2.75) is 19.9 Å². The van der Waals surface area contributed by atoms with Crippen LogP contribution in [0.1, 0.15) is 27.3 Å². The maximum absolute atomic E-state index is 10.9. The number of aryl methyl sites for hydroxylation is 1. The van der Waals surface area contributed by atoms with Crippen LogP contribution in [0.25, 0.3) is 11.0 Å². The van der Waals surface area contributed by atoms with Gasteiger partial charge in [-0.3, -0.25) is 0 Å². The van der Waals surface area contributed by atoms with Gasteiger partial charge in [-0.2, -0.15) is 0 Å². The number of hydrogen-bond acceptors (Lipinski definition) is 3. The van der Waals surface area contributed by atoms with Crippen molar-refractivity contribution in [3.63, 3.8) is 0 Å². The van der Waals surface area contributed by atoms with E-state index in [0.29, 0.717) is 11.4 Å². The van der Waals surface area contributed by atoms with Gasteiger partial charge in [0.15, 0.2) is 0 Å². The third-order valence-corrected chi connectivity index (χ3v) is 4.29. The van der Waals surface area contributed by atoms with Gasteiger partial charge >= 0.3 is 5.97 Å². The Morgan fingerprint density at radius 2 is 2.10 bits per heavy atom. The van der Waals surface area contributed by atoms with Crippen molar-refractivity contribution in [1.82, 2.24) is 9.55 Å². The van der Waals surface area contributed by atoms with Crippen LogP contribution in [0.15, 0.2) is 36.4 Å². The average Bonchev–Trinajstić information content (AvgIpc) is 3.04. The SMILES string of the molecule is CCc1nc2ccccc2n1Cc1ccc(C(=O)O)s1. The molecular weight excluding hydrogens is 272 g/mol. The van der Waals surface area contributed by atoms with Crippen molar-refractivity contribution in [3.8, 4) is 0 Å². The van der Waals surface area contributed by atoms with Gasteiger partial charge in [0, 0.05) is 11.3 Å². The van der Waals surface area contributed by atoms with Crippen molar-refractivity contribution in [3.05, 3.63) is 52.0 Å². The minimum absolute atomic E-state index is 0.377. The number of thiophene rings is 1. The second-order valence-electron chi connectivity index (χ2n) is 4.53. The van der Waals surface area contributed by atoms with Gasteiger partial charge in [-0.15, -0.1) is 11.3 Å². The minimum Gasteiger partial charge on any atom is -0.477 e. The molecule has 0 aliphatic rings. The maximum atomic E-state index is 10.9. The van der Waals surface area contributed by atoms with Crippen LogP contribution in [0.3, 0.4) is 0 Å². The lowest BCUT2D eigenvalue weighted by atomic mass is 10.3. The first-order valence-corrected chi connectivity index (χ1v) is 7.27. The first-order chi connectivity index (χ1) is 9.69. The molecule has 0 bridgehead atoms. The van der Waals surface area contributed by atoms with Crippen molar-refractivity contribution < 1.29 is 9.90 Å². The summed E-state index contributed by atoms with van der Waals surface area (Å²) in [6.45, 7) is 2.75. The molecule has 3 aromatic rings. The number of para-hydroxylation sites is 2. The quantitative estimate of drug-likeness (QED) is 0.799. The standard InChI is InChI=1S/C15H14N2O2S/c1-2-14-16-11-5-3-4-6-12(11)17(14)9-10-7-8-13(20-10)15(18)19/h3-8H,2,9H2,1H3,(H,18,19). The van der Waals surface area contributed by atoms with E-state index in [2.05, 4.69) is 16.5 Å². The lowest BCUT2D eigenvalue weighted by Gasteiger charge is -2.06. The molecule has 0 aliphatic carbocycles. The van der Waals surface area contributed by atoms with E-state index in [0.717, 1.165) is 28.2 Å². The molecule has 1 aromatic carbocycles. The highest BCUT2D eigenvalue weighted by Crippen LogP contribution is 2.22. The number of hydrogen-bond donors (Lipinski definition) is 1. The summed E-state index contributed by atoms with van der Waals surface area (Å²) in [5.74, 6) is 0.156. The van der Waals surface area contributed by atoms with E-state index < -0.39 is 5.97 Å². The van der Waals surface area contributed by atoms with E-state index >= 15 is 0 Å². The second kappa shape index (κ2) is 5.09. The third-order valence-electron chi connectivity index (χ3n) is 3.24. The molecule has 5 heteroatoms. The molecule has 102 valence electrons. The summed E-state index contributed by atoms with van der Waals surface area (Å²) in [5, 5.41) is 8.99. The highest BCUT2D eigenvalue weighted by Gasteiger charge is 2.12. The Bertz CT molecular complexity index is 773. The lowest BCUT2D eigenvalue weighted by Crippen LogP contribution is -2.03. The van der Waals surface area contributed by atoms with Crippen molar-refractivity contribution in [2.75, 3.05) is 0 Å². The number of carboxylic acid groups (broad SMARTS) is 1. The predicted octanol–water partition coefficient (Wildman–Crippen LogP) is 3.41. The largest absolute Gasteiger partial charge is 0.477 e. The van der Waals surface area contributed by atoms with Gasteiger partial charge in [-0.25, -0.2) is 9.78 Å². The fourth-order valence-corrected chi connectivity index (χ4v) is 3.14. The second-order valence-corrected chi connectivity index (χ2v) is 5.70. The number of carboxylic acids is 1. The van der Waals surface area contributed by atoms with Crippen molar-refractivity contribution >= 4 is 28.3 Å². The van der Waals surface area contributed by atoms with Crippen LogP contribution >= 0.6 is 11.3 Å². The first-order valence-electron chi connectivity index (χ1n) is 6.45. The number of nitrogens with zero attached hydrogens (tertiary/aromatic N) is 2. The van der Waals surface area contributed by atoms with E-state index in [9.17, 15) is 4.79 Å². The molecule has 0 saturated heterocycles. The average molecular weight is 286 g/mol. The van der Waals surface area contributed by atoms with Crippen LogP contribution in [0.5, 0.6) is 0 Å². The molecule has 4 nitrogen and oxygen atoms in total. The van der Waals surface area contributed by atoms with E-state index in [1.807, 2.05) is 30.3 Å². The summed E-state index contributed by atoms with van der Waals surface area (Å²) in [6.07, 6.45) is 0.853. The molecule has 0 amide bonds. The number of aromatic nitrogens is 2. The van der Waals surface area contributed by atoms with Crippen LogP contribution in [0, 0.1) is 0 Å². The molecule has 0 saturated carbocycles. The smallest absolute Gasteiger partial charge is 0.345 e. The Morgan fingerprint density at radius 1 is 1.30 bits per heavy atom. The first kappa shape index (κ1) is 12.9. The summed E-state index contributed by atoms with van der Waals surface area (Å²) >= 11 is 1.32. The molecule has 2 aromatic heterocycles. The normalized spacial score (nSPS) is 11.1. The van der Waals surface area contributed by atoms with Crippen LogP contribution < -0.4 is 0 Å². The number of benzene rings is 1. The minimum atomic E-state index is -0.868. The fourth-order valence-electron chi connectivity index (χ4n) is 2.31. The van der Waals surface area contributed by atoms with Crippen LogP contribution in [0.4, 0.5) is 0 Å². The van der Waals surface area contributed by atoms with Crippen molar-refractivity contribution in [1.29, 1.82) is 0 Å². The summed E-state index contributed by atoms with van der Waals surface area (Å²) < 4.78 is 2.16. The molecule has 0 unspecified atom stereocenters. The zero-order chi connectivity index (χ0) is 14.1. The summed E-state index contributed by atoms with van der Waals surface area (Å²) in [4.78, 5) is 17.0. The van der Waals surface area contributed by atoms with E-state index in [1.54, 1.807) is 6.07 Å². The molecule has 0 radical (unpaired) electrons.